The summed E-state index contributed by atoms with van der Waals surface area (Å²) in [6.07, 6.45) is -4.98. The molecule has 0 bridgehead atoms. The Morgan fingerprint density at radius 2 is 1.70 bits per heavy atom. The first-order valence-corrected chi connectivity index (χ1v) is 14.1. The number of fused-ring (bicyclic) bond motifs is 1. The SMILES string of the molecule is CC(C)Oc1ccc(C(F)(F)F)cc1-n1c(CN2CCN(C(=O)COc3ccc(Cl)cc3)CC2)nc2ccccc2c1=O. The van der Waals surface area contributed by atoms with Crippen molar-refractivity contribution in [3.05, 3.63) is 93.5 Å². The monoisotopic (exact) mass is 614 g/mol. The third kappa shape index (κ3) is 7.11. The number of hydrogen-bond acceptors (Lipinski definition) is 6. The van der Waals surface area contributed by atoms with Gasteiger partial charge in [-0.1, -0.05) is 23.7 Å². The largest absolute Gasteiger partial charge is 0.489 e. The summed E-state index contributed by atoms with van der Waals surface area (Å²) in [5, 5.41) is 0.841. The minimum absolute atomic E-state index is 0.0325. The number of hydrogen-bond donors (Lipinski definition) is 0. The van der Waals surface area contributed by atoms with Gasteiger partial charge in [0.15, 0.2) is 6.61 Å². The molecule has 2 heterocycles. The normalized spacial score (nSPS) is 14.3. The van der Waals surface area contributed by atoms with Crippen LogP contribution >= 0.6 is 11.6 Å². The van der Waals surface area contributed by atoms with Gasteiger partial charge in [0.2, 0.25) is 0 Å². The second-order valence-corrected chi connectivity index (χ2v) is 10.9. The van der Waals surface area contributed by atoms with Crippen molar-refractivity contribution in [1.82, 2.24) is 19.4 Å². The molecule has 3 aromatic carbocycles. The van der Waals surface area contributed by atoms with Crippen molar-refractivity contribution >= 4 is 28.4 Å². The number of carbonyl (C=O) groups is 1. The summed E-state index contributed by atoms with van der Waals surface area (Å²) in [6, 6.07) is 16.5. The Morgan fingerprint density at radius 1 is 1.00 bits per heavy atom. The highest BCUT2D eigenvalue weighted by molar-refractivity contribution is 6.30. The molecule has 0 saturated carbocycles. The summed E-state index contributed by atoms with van der Waals surface area (Å²) in [5.41, 5.74) is -1.00. The van der Waals surface area contributed by atoms with Gasteiger partial charge >= 0.3 is 6.18 Å². The van der Waals surface area contributed by atoms with Crippen molar-refractivity contribution in [3.63, 3.8) is 0 Å². The van der Waals surface area contributed by atoms with Gasteiger partial charge in [0, 0.05) is 31.2 Å². The maximum atomic E-state index is 13.8. The molecule has 226 valence electrons. The average molecular weight is 615 g/mol. The molecule has 12 heteroatoms. The zero-order valence-corrected chi connectivity index (χ0v) is 24.4. The number of rotatable bonds is 8. The van der Waals surface area contributed by atoms with Crippen LogP contribution in [0.15, 0.2) is 71.5 Å². The molecular formula is C31H30ClF3N4O4. The summed E-state index contributed by atoms with van der Waals surface area (Å²) in [5.74, 6) is 0.768. The van der Waals surface area contributed by atoms with Gasteiger partial charge in [0.05, 0.1) is 34.8 Å². The number of para-hydroxylation sites is 1. The highest BCUT2D eigenvalue weighted by Gasteiger charge is 2.32. The summed E-state index contributed by atoms with van der Waals surface area (Å²) in [7, 11) is 0. The second-order valence-electron chi connectivity index (χ2n) is 10.4. The summed E-state index contributed by atoms with van der Waals surface area (Å²) >= 11 is 5.89. The van der Waals surface area contributed by atoms with Crippen LogP contribution in [0.3, 0.4) is 0 Å². The standard InChI is InChI=1S/C31H30ClF3N4O4/c1-20(2)43-27-12-7-21(31(33,34)35)17-26(27)39-28(36-25-6-4-3-5-24(25)30(39)41)18-37-13-15-38(16-14-37)29(40)19-42-23-10-8-22(32)9-11-23/h3-12,17,20H,13-16,18-19H2,1-2H3. The molecule has 1 fully saturated rings. The Morgan fingerprint density at radius 3 is 2.37 bits per heavy atom. The number of amides is 1. The topological polar surface area (TPSA) is 76.9 Å². The lowest BCUT2D eigenvalue weighted by atomic mass is 10.1. The van der Waals surface area contributed by atoms with E-state index in [-0.39, 0.29) is 47.8 Å². The lowest BCUT2D eigenvalue weighted by Crippen LogP contribution is -2.50. The van der Waals surface area contributed by atoms with E-state index in [4.69, 9.17) is 26.1 Å². The molecule has 0 spiro atoms. The first kappa shape index (κ1) is 30.4. The molecule has 8 nitrogen and oxygen atoms in total. The van der Waals surface area contributed by atoms with Gasteiger partial charge in [0.25, 0.3) is 11.5 Å². The van der Waals surface area contributed by atoms with Crippen LogP contribution in [0.5, 0.6) is 11.5 Å². The number of aromatic nitrogens is 2. The summed E-state index contributed by atoms with van der Waals surface area (Å²) in [4.78, 5) is 35.0. The maximum Gasteiger partial charge on any atom is 0.416 e. The second kappa shape index (κ2) is 12.6. The number of nitrogens with zero attached hydrogens (tertiary/aromatic N) is 4. The Balaban J connectivity index is 1.41. The molecule has 5 rings (SSSR count). The van der Waals surface area contributed by atoms with Gasteiger partial charge in [-0.05, 0) is 68.4 Å². The van der Waals surface area contributed by atoms with Crippen LogP contribution in [0.2, 0.25) is 5.02 Å². The summed E-state index contributed by atoms with van der Waals surface area (Å²) in [6.45, 7) is 5.30. The lowest BCUT2D eigenvalue weighted by molar-refractivity contribution is -0.137. The van der Waals surface area contributed by atoms with Crippen LogP contribution in [0.4, 0.5) is 13.2 Å². The maximum absolute atomic E-state index is 13.8. The number of piperazine rings is 1. The molecule has 0 unspecified atom stereocenters. The Bertz CT molecular complexity index is 1670. The van der Waals surface area contributed by atoms with Crippen LogP contribution in [0.25, 0.3) is 16.6 Å². The molecular weight excluding hydrogens is 585 g/mol. The Hall–Kier alpha value is -4.09. The third-order valence-electron chi connectivity index (χ3n) is 7.00. The van der Waals surface area contributed by atoms with E-state index < -0.39 is 17.3 Å². The number of benzene rings is 3. The lowest BCUT2D eigenvalue weighted by Gasteiger charge is -2.34. The van der Waals surface area contributed by atoms with Crippen molar-refractivity contribution in [2.75, 3.05) is 32.8 Å². The fourth-order valence-corrected chi connectivity index (χ4v) is 5.00. The molecule has 0 aliphatic carbocycles. The van der Waals surface area contributed by atoms with Gasteiger partial charge in [-0.25, -0.2) is 4.98 Å². The molecule has 1 saturated heterocycles. The van der Waals surface area contributed by atoms with E-state index in [9.17, 15) is 22.8 Å². The zero-order valence-electron chi connectivity index (χ0n) is 23.6. The number of halogens is 4. The smallest absolute Gasteiger partial charge is 0.416 e. The van der Waals surface area contributed by atoms with Crippen LogP contribution in [-0.2, 0) is 17.5 Å². The van der Waals surface area contributed by atoms with Crippen molar-refractivity contribution in [2.24, 2.45) is 0 Å². The quantitative estimate of drug-likeness (QED) is 0.258. The summed E-state index contributed by atoms with van der Waals surface area (Å²) < 4.78 is 54.0. The highest BCUT2D eigenvalue weighted by Crippen LogP contribution is 2.35. The number of alkyl halides is 3. The van der Waals surface area contributed by atoms with Crippen molar-refractivity contribution in [2.45, 2.75) is 32.7 Å². The van der Waals surface area contributed by atoms with Gasteiger partial charge in [-0.2, -0.15) is 13.2 Å². The van der Waals surface area contributed by atoms with E-state index in [2.05, 4.69) is 0 Å². The highest BCUT2D eigenvalue weighted by atomic mass is 35.5. The minimum atomic E-state index is -4.63. The molecule has 0 N–H and O–H groups in total. The zero-order chi connectivity index (χ0) is 30.7. The fourth-order valence-electron chi connectivity index (χ4n) is 4.88. The van der Waals surface area contributed by atoms with E-state index in [1.165, 1.54) is 10.6 Å². The van der Waals surface area contributed by atoms with Gasteiger partial charge in [-0.15, -0.1) is 0 Å². The van der Waals surface area contributed by atoms with E-state index in [1.54, 1.807) is 67.3 Å². The first-order chi connectivity index (χ1) is 20.5. The predicted molar refractivity (Wildman–Crippen MR) is 157 cm³/mol. The van der Waals surface area contributed by atoms with Crippen LogP contribution in [-0.4, -0.2) is 64.1 Å². The van der Waals surface area contributed by atoms with Crippen molar-refractivity contribution < 1.29 is 27.4 Å². The van der Waals surface area contributed by atoms with Crippen molar-refractivity contribution in [1.29, 1.82) is 0 Å². The minimum Gasteiger partial charge on any atom is -0.489 e. The Labute approximate surface area is 251 Å². The van der Waals surface area contributed by atoms with Crippen molar-refractivity contribution in [3.8, 4) is 17.2 Å². The van der Waals surface area contributed by atoms with Gasteiger partial charge in [-0.3, -0.25) is 19.1 Å². The molecule has 1 amide bonds. The van der Waals surface area contributed by atoms with E-state index in [1.807, 2.05) is 4.90 Å². The molecule has 1 aromatic heterocycles. The van der Waals surface area contributed by atoms with Gasteiger partial charge in [0.1, 0.15) is 17.3 Å². The molecule has 1 aliphatic rings. The van der Waals surface area contributed by atoms with Crippen LogP contribution < -0.4 is 15.0 Å². The molecule has 0 radical (unpaired) electrons. The third-order valence-corrected chi connectivity index (χ3v) is 7.25. The number of ether oxygens (including phenoxy) is 2. The number of carbonyl (C=O) groups excluding carboxylic acids is 1. The fraction of sp³-hybridized carbons (Fsp3) is 0.323. The van der Waals surface area contributed by atoms with E-state index in [0.717, 1.165) is 12.1 Å². The van der Waals surface area contributed by atoms with E-state index in [0.29, 0.717) is 42.5 Å². The Kier molecular flexibility index (Phi) is 8.93. The predicted octanol–water partition coefficient (Wildman–Crippen LogP) is 5.57. The first-order valence-electron chi connectivity index (χ1n) is 13.8. The van der Waals surface area contributed by atoms with E-state index >= 15 is 0 Å². The van der Waals surface area contributed by atoms with Crippen LogP contribution in [0.1, 0.15) is 25.2 Å². The molecule has 4 aromatic rings. The molecule has 1 aliphatic heterocycles. The van der Waals surface area contributed by atoms with Gasteiger partial charge < -0.3 is 14.4 Å². The van der Waals surface area contributed by atoms with Crippen LogP contribution in [0, 0.1) is 0 Å². The average Bonchev–Trinajstić information content (AvgIpc) is 2.97. The molecule has 43 heavy (non-hydrogen) atoms. The molecule has 0 atom stereocenters.